The molecule has 2 fully saturated rings. The lowest BCUT2D eigenvalue weighted by atomic mass is 9.93. The molecule has 0 amide bonds. The summed E-state index contributed by atoms with van der Waals surface area (Å²) in [5.41, 5.74) is 4.52. The number of nitrogens with zero attached hydrogens (tertiary/aromatic N) is 4. The fourth-order valence-electron chi connectivity index (χ4n) is 4.79. The van der Waals surface area contributed by atoms with Crippen LogP contribution in [-0.4, -0.2) is 65.5 Å². The summed E-state index contributed by atoms with van der Waals surface area (Å²) in [6.07, 6.45) is 11.9. The van der Waals surface area contributed by atoms with Gasteiger partial charge in [-0.05, 0) is 84.1 Å². The molecule has 1 aromatic rings. The first-order chi connectivity index (χ1) is 17.4. The second-order valence-electron chi connectivity index (χ2n) is 10.4. The van der Waals surface area contributed by atoms with Crippen LogP contribution in [0.3, 0.4) is 0 Å². The van der Waals surface area contributed by atoms with Gasteiger partial charge in [-0.1, -0.05) is 31.1 Å². The maximum Gasteiger partial charge on any atom is 0.224 e. The van der Waals surface area contributed by atoms with E-state index in [2.05, 4.69) is 73.1 Å². The van der Waals surface area contributed by atoms with Gasteiger partial charge in [-0.25, -0.2) is 4.99 Å². The number of hydrogen-bond donors (Lipinski definition) is 3. The van der Waals surface area contributed by atoms with E-state index >= 15 is 0 Å². The fraction of sp³-hybridized carbons (Fsp3) is 0.621. The van der Waals surface area contributed by atoms with Gasteiger partial charge in [0.15, 0.2) is 0 Å². The summed E-state index contributed by atoms with van der Waals surface area (Å²) < 4.78 is 0. The van der Waals surface area contributed by atoms with Crippen molar-refractivity contribution in [2.75, 3.05) is 19.6 Å². The fourth-order valence-corrected chi connectivity index (χ4v) is 4.79. The monoisotopic (exact) mass is 494 g/mol. The van der Waals surface area contributed by atoms with E-state index in [1.165, 1.54) is 5.57 Å². The topological polar surface area (TPSA) is 85.1 Å². The summed E-state index contributed by atoms with van der Waals surface area (Å²) >= 11 is 0. The first-order valence-electron chi connectivity index (χ1n) is 13.7. The number of pyridine rings is 1. The number of nitrogens with one attached hydrogen (secondary N) is 2. The van der Waals surface area contributed by atoms with Crippen LogP contribution in [-0.2, 0) is 0 Å². The number of rotatable bonds is 9. The molecule has 7 heteroatoms. The first-order valence-corrected chi connectivity index (χ1v) is 13.7. The molecular formula is C29H46N6O. The minimum atomic E-state index is -0.192. The summed E-state index contributed by atoms with van der Waals surface area (Å²) in [5, 5.41) is 16.8. The van der Waals surface area contributed by atoms with Crippen LogP contribution in [0.2, 0.25) is 0 Å². The Kier molecular flexibility index (Phi) is 11.1. The molecule has 0 spiro atoms. The van der Waals surface area contributed by atoms with Gasteiger partial charge in [0, 0.05) is 43.5 Å². The van der Waals surface area contributed by atoms with E-state index in [4.69, 9.17) is 9.98 Å². The standard InChI is InChI=1S/C29H46N6O/c1-6-7-16-31-29(30-5)34-28(33-25-9-11-26(36)12-10-25)22(4)27-13-8-24(20-32-27)19-23-14-17-35(18-15-23)21(2)3/h8,13,19-21,25-26,33,36H,5-7,9-12,14-18H2,1-4H3,(H,31,34)/b28-22+/t25-,26-. The second kappa shape index (κ2) is 14.3. The van der Waals surface area contributed by atoms with Crippen LogP contribution in [0.15, 0.2) is 39.7 Å². The van der Waals surface area contributed by atoms with Gasteiger partial charge in [-0.3, -0.25) is 4.98 Å². The molecule has 1 aromatic heterocycles. The Morgan fingerprint density at radius 3 is 2.53 bits per heavy atom. The van der Waals surface area contributed by atoms with Crippen molar-refractivity contribution >= 4 is 24.3 Å². The van der Waals surface area contributed by atoms with Crippen molar-refractivity contribution < 1.29 is 5.11 Å². The molecule has 1 aliphatic heterocycles. The number of guanidine groups is 1. The van der Waals surface area contributed by atoms with Crippen LogP contribution >= 0.6 is 0 Å². The van der Waals surface area contributed by atoms with Crippen molar-refractivity contribution in [1.29, 1.82) is 0 Å². The van der Waals surface area contributed by atoms with Crippen molar-refractivity contribution in [2.45, 2.75) is 97.2 Å². The molecule has 1 saturated heterocycles. The van der Waals surface area contributed by atoms with Crippen LogP contribution in [0.5, 0.6) is 0 Å². The Bertz CT molecular complexity index is 916. The van der Waals surface area contributed by atoms with Gasteiger partial charge in [0.05, 0.1) is 11.8 Å². The largest absolute Gasteiger partial charge is 0.393 e. The Labute approximate surface area is 217 Å². The molecule has 3 rings (SSSR count). The molecular weight excluding hydrogens is 448 g/mol. The van der Waals surface area contributed by atoms with Gasteiger partial charge in [0.1, 0.15) is 5.82 Å². The summed E-state index contributed by atoms with van der Waals surface area (Å²) in [7, 11) is 0. The number of allylic oxidation sites excluding steroid dienone is 1. The van der Waals surface area contributed by atoms with Gasteiger partial charge < -0.3 is 20.6 Å². The zero-order valence-corrected chi connectivity index (χ0v) is 22.8. The Morgan fingerprint density at radius 2 is 1.94 bits per heavy atom. The summed E-state index contributed by atoms with van der Waals surface area (Å²) in [6, 6.07) is 5.12. The lowest BCUT2D eigenvalue weighted by Crippen LogP contribution is -2.36. The van der Waals surface area contributed by atoms with Crippen LogP contribution in [0, 0.1) is 0 Å². The average Bonchev–Trinajstić information content (AvgIpc) is 2.89. The van der Waals surface area contributed by atoms with E-state index in [0.717, 1.165) is 93.7 Å². The summed E-state index contributed by atoms with van der Waals surface area (Å²) in [4.78, 5) is 16.3. The van der Waals surface area contributed by atoms with Crippen molar-refractivity contribution in [1.82, 2.24) is 20.5 Å². The van der Waals surface area contributed by atoms with Gasteiger partial charge in [0.2, 0.25) is 5.96 Å². The van der Waals surface area contributed by atoms with E-state index in [1.807, 2.05) is 6.20 Å². The number of likely N-dealkylation sites (tertiary alicyclic amines) is 1. The zero-order valence-electron chi connectivity index (χ0n) is 22.8. The highest BCUT2D eigenvalue weighted by molar-refractivity contribution is 5.85. The number of aliphatic imine (C=N–C) groups is 2. The third-order valence-corrected chi connectivity index (χ3v) is 7.29. The molecule has 0 aromatic carbocycles. The van der Waals surface area contributed by atoms with E-state index in [-0.39, 0.29) is 12.1 Å². The molecule has 198 valence electrons. The van der Waals surface area contributed by atoms with Crippen LogP contribution in [0.1, 0.15) is 90.3 Å². The molecule has 0 atom stereocenters. The second-order valence-corrected chi connectivity index (χ2v) is 10.4. The smallest absolute Gasteiger partial charge is 0.224 e. The quantitative estimate of drug-likeness (QED) is 0.256. The van der Waals surface area contributed by atoms with Gasteiger partial charge in [-0.15, -0.1) is 0 Å². The van der Waals surface area contributed by atoms with Gasteiger partial charge >= 0.3 is 0 Å². The van der Waals surface area contributed by atoms with Gasteiger partial charge in [-0.2, -0.15) is 4.99 Å². The van der Waals surface area contributed by atoms with Crippen molar-refractivity contribution in [2.24, 2.45) is 9.98 Å². The molecule has 1 aliphatic carbocycles. The van der Waals surface area contributed by atoms with Crippen molar-refractivity contribution in [3.8, 4) is 0 Å². The molecule has 7 nitrogen and oxygen atoms in total. The Morgan fingerprint density at radius 1 is 1.22 bits per heavy atom. The normalized spacial score (nSPS) is 22.3. The highest BCUT2D eigenvalue weighted by Crippen LogP contribution is 2.24. The van der Waals surface area contributed by atoms with Crippen LogP contribution in [0.4, 0.5) is 0 Å². The van der Waals surface area contributed by atoms with E-state index in [1.54, 1.807) is 0 Å². The maximum atomic E-state index is 9.92. The predicted octanol–water partition coefficient (Wildman–Crippen LogP) is 5.00. The van der Waals surface area contributed by atoms with E-state index in [9.17, 15) is 5.11 Å². The van der Waals surface area contributed by atoms with Gasteiger partial charge in [0.25, 0.3) is 0 Å². The summed E-state index contributed by atoms with van der Waals surface area (Å²) in [6.45, 7) is 15.5. The Balaban J connectivity index is 1.78. The third kappa shape index (κ3) is 8.56. The highest BCUT2D eigenvalue weighted by atomic mass is 16.3. The molecule has 36 heavy (non-hydrogen) atoms. The number of piperidine rings is 1. The first kappa shape index (κ1) is 28.1. The number of aromatic nitrogens is 1. The molecule has 0 bridgehead atoms. The maximum absolute atomic E-state index is 9.92. The Hall–Kier alpha value is -2.51. The zero-order chi connectivity index (χ0) is 25.9. The average molecular weight is 495 g/mol. The molecule has 0 radical (unpaired) electrons. The van der Waals surface area contributed by atoms with Crippen molar-refractivity contribution in [3.05, 3.63) is 41.0 Å². The molecule has 0 unspecified atom stereocenters. The van der Waals surface area contributed by atoms with Crippen LogP contribution < -0.4 is 10.6 Å². The van der Waals surface area contributed by atoms with E-state index in [0.29, 0.717) is 12.0 Å². The molecule has 2 heterocycles. The SMILES string of the molecule is C=N/C(=N\C(N[C@H]1CC[C@H](O)CC1)=C(/C)c1ccc(C=C2CCN(C(C)C)CC2)cn1)NCCCC. The molecule has 2 aliphatic rings. The number of aliphatic hydroxyl groups excluding tert-OH is 1. The minimum absolute atomic E-state index is 0.192. The number of hydrogen-bond acceptors (Lipinski definition) is 5. The lowest BCUT2D eigenvalue weighted by molar-refractivity contribution is 0.118. The van der Waals surface area contributed by atoms with E-state index < -0.39 is 0 Å². The van der Waals surface area contributed by atoms with Crippen molar-refractivity contribution in [3.63, 3.8) is 0 Å². The summed E-state index contributed by atoms with van der Waals surface area (Å²) in [5.74, 6) is 1.29. The highest BCUT2D eigenvalue weighted by Gasteiger charge is 2.21. The molecule has 3 N–H and O–H groups in total. The number of unbranched alkanes of at least 4 members (excludes halogenated alkanes) is 1. The predicted molar refractivity (Wildman–Crippen MR) is 152 cm³/mol. The van der Waals surface area contributed by atoms with Crippen LogP contribution in [0.25, 0.3) is 11.6 Å². The lowest BCUT2D eigenvalue weighted by Gasteiger charge is -2.31. The third-order valence-electron chi connectivity index (χ3n) is 7.29. The minimum Gasteiger partial charge on any atom is -0.393 e. The number of aliphatic hydroxyl groups is 1. The molecule has 1 saturated carbocycles.